The second-order valence-electron chi connectivity index (χ2n) is 5.56. The summed E-state index contributed by atoms with van der Waals surface area (Å²) < 4.78 is 16.2. The molecule has 1 amide bonds. The van der Waals surface area contributed by atoms with Crippen molar-refractivity contribution in [3.8, 4) is 11.5 Å². The van der Waals surface area contributed by atoms with Gasteiger partial charge in [0.25, 0.3) is 5.91 Å². The fourth-order valence-electron chi connectivity index (χ4n) is 2.38. The fraction of sp³-hybridized carbons (Fsp3) is 0.263. The molecule has 0 spiro atoms. The molecule has 1 N–H and O–H groups in total. The SMILES string of the molecule is CSc1ccc(C(=O)OCC(=O)Nc2ccc3c(c2)OCCCO3)cc1. The van der Waals surface area contributed by atoms with E-state index >= 15 is 0 Å². The van der Waals surface area contributed by atoms with Crippen LogP contribution in [0.2, 0.25) is 0 Å². The number of carbonyl (C=O) groups is 2. The van der Waals surface area contributed by atoms with Crippen molar-refractivity contribution >= 4 is 29.3 Å². The molecule has 0 aliphatic carbocycles. The molecule has 0 atom stereocenters. The molecule has 0 saturated heterocycles. The highest BCUT2D eigenvalue weighted by molar-refractivity contribution is 7.98. The molecule has 1 aliphatic rings. The maximum absolute atomic E-state index is 12.0. The molecule has 3 rings (SSSR count). The van der Waals surface area contributed by atoms with E-state index in [-0.39, 0.29) is 6.61 Å². The number of anilines is 1. The van der Waals surface area contributed by atoms with Crippen molar-refractivity contribution in [3.63, 3.8) is 0 Å². The Morgan fingerprint density at radius 1 is 1.08 bits per heavy atom. The van der Waals surface area contributed by atoms with Gasteiger partial charge in [-0.1, -0.05) is 0 Å². The lowest BCUT2D eigenvalue weighted by Gasteiger charge is -2.10. The first-order valence-corrected chi connectivity index (χ1v) is 9.39. The molecule has 0 saturated carbocycles. The maximum atomic E-state index is 12.0. The lowest BCUT2D eigenvalue weighted by molar-refractivity contribution is -0.119. The number of thioether (sulfide) groups is 1. The van der Waals surface area contributed by atoms with E-state index in [4.69, 9.17) is 14.2 Å². The number of fused-ring (bicyclic) bond motifs is 1. The van der Waals surface area contributed by atoms with E-state index < -0.39 is 11.9 Å². The van der Waals surface area contributed by atoms with E-state index in [0.717, 1.165) is 11.3 Å². The average molecular weight is 373 g/mol. The second-order valence-corrected chi connectivity index (χ2v) is 6.44. The Kier molecular flexibility index (Phi) is 6.01. The first-order chi connectivity index (χ1) is 12.7. The van der Waals surface area contributed by atoms with Gasteiger partial charge in [-0.2, -0.15) is 0 Å². The van der Waals surface area contributed by atoms with Gasteiger partial charge in [0.05, 0.1) is 18.8 Å². The van der Waals surface area contributed by atoms with E-state index in [1.807, 2.05) is 18.4 Å². The van der Waals surface area contributed by atoms with Gasteiger partial charge in [0.2, 0.25) is 0 Å². The summed E-state index contributed by atoms with van der Waals surface area (Å²) in [6, 6.07) is 12.2. The van der Waals surface area contributed by atoms with Gasteiger partial charge in [-0.25, -0.2) is 4.79 Å². The first-order valence-electron chi connectivity index (χ1n) is 8.16. The Morgan fingerprint density at radius 3 is 2.54 bits per heavy atom. The number of rotatable bonds is 5. The summed E-state index contributed by atoms with van der Waals surface area (Å²) >= 11 is 1.58. The van der Waals surface area contributed by atoms with Crippen LogP contribution < -0.4 is 14.8 Å². The van der Waals surface area contributed by atoms with E-state index in [9.17, 15) is 9.59 Å². The molecular formula is C19H19NO5S. The van der Waals surface area contributed by atoms with Gasteiger partial charge in [-0.05, 0) is 42.7 Å². The van der Waals surface area contributed by atoms with Gasteiger partial charge in [-0.15, -0.1) is 11.8 Å². The molecule has 0 aromatic heterocycles. The molecular weight excluding hydrogens is 354 g/mol. The van der Waals surface area contributed by atoms with Crippen LogP contribution in [0, 0.1) is 0 Å². The van der Waals surface area contributed by atoms with Crippen molar-refractivity contribution in [2.24, 2.45) is 0 Å². The molecule has 6 nitrogen and oxygen atoms in total. The fourth-order valence-corrected chi connectivity index (χ4v) is 2.79. The van der Waals surface area contributed by atoms with Crippen LogP contribution in [-0.4, -0.2) is 38.0 Å². The summed E-state index contributed by atoms with van der Waals surface area (Å²) in [6.07, 6.45) is 2.77. The molecule has 1 aliphatic heterocycles. The quantitative estimate of drug-likeness (QED) is 0.640. The van der Waals surface area contributed by atoms with Gasteiger partial charge in [0.1, 0.15) is 0 Å². The monoisotopic (exact) mass is 373 g/mol. The van der Waals surface area contributed by atoms with Crippen LogP contribution in [0.4, 0.5) is 5.69 Å². The summed E-state index contributed by atoms with van der Waals surface area (Å²) in [5.41, 5.74) is 0.964. The van der Waals surface area contributed by atoms with Crippen molar-refractivity contribution in [2.75, 3.05) is 31.4 Å². The van der Waals surface area contributed by atoms with Crippen molar-refractivity contribution in [1.29, 1.82) is 0 Å². The topological polar surface area (TPSA) is 73.9 Å². The van der Waals surface area contributed by atoms with E-state index in [1.165, 1.54) is 0 Å². The second kappa shape index (κ2) is 8.62. The summed E-state index contributed by atoms with van der Waals surface area (Å²) in [4.78, 5) is 25.1. The Hall–Kier alpha value is -2.67. The Labute approximate surface area is 155 Å². The summed E-state index contributed by atoms with van der Waals surface area (Å²) in [5.74, 6) is 0.284. The van der Waals surface area contributed by atoms with E-state index in [2.05, 4.69) is 5.32 Å². The maximum Gasteiger partial charge on any atom is 0.338 e. The molecule has 0 unspecified atom stereocenters. The Balaban J connectivity index is 1.53. The number of esters is 1. The zero-order valence-electron chi connectivity index (χ0n) is 14.3. The predicted octanol–water partition coefficient (Wildman–Crippen LogP) is 3.37. The van der Waals surface area contributed by atoms with Crippen molar-refractivity contribution in [3.05, 3.63) is 48.0 Å². The van der Waals surface area contributed by atoms with Crippen molar-refractivity contribution in [1.82, 2.24) is 0 Å². The van der Waals surface area contributed by atoms with E-state index in [1.54, 1.807) is 42.1 Å². The molecule has 136 valence electrons. The minimum atomic E-state index is -0.536. The van der Waals surface area contributed by atoms with Crippen LogP contribution in [0.1, 0.15) is 16.8 Å². The van der Waals surface area contributed by atoms with Crippen molar-refractivity contribution < 1.29 is 23.8 Å². The zero-order chi connectivity index (χ0) is 18.4. The molecule has 0 radical (unpaired) electrons. The Bertz CT molecular complexity index is 791. The van der Waals surface area contributed by atoms with Crippen LogP contribution in [0.25, 0.3) is 0 Å². The number of ether oxygens (including phenoxy) is 3. The number of benzene rings is 2. The van der Waals surface area contributed by atoms with Gasteiger partial charge < -0.3 is 19.5 Å². The number of amides is 1. The molecule has 7 heteroatoms. The lowest BCUT2D eigenvalue weighted by atomic mass is 10.2. The summed E-state index contributed by atoms with van der Waals surface area (Å²) in [7, 11) is 0. The minimum Gasteiger partial charge on any atom is -0.490 e. The molecule has 26 heavy (non-hydrogen) atoms. The average Bonchev–Trinajstić information content (AvgIpc) is 2.91. The highest BCUT2D eigenvalue weighted by Crippen LogP contribution is 2.32. The smallest absolute Gasteiger partial charge is 0.338 e. The predicted molar refractivity (Wildman–Crippen MR) is 99.2 cm³/mol. The largest absolute Gasteiger partial charge is 0.490 e. The molecule has 2 aromatic rings. The molecule has 1 heterocycles. The summed E-state index contributed by atoms with van der Waals surface area (Å²) in [5, 5.41) is 2.68. The third-order valence-electron chi connectivity index (χ3n) is 3.69. The Morgan fingerprint density at radius 2 is 1.81 bits per heavy atom. The van der Waals surface area contributed by atoms with Crippen LogP contribution in [0.15, 0.2) is 47.4 Å². The molecule has 0 fully saturated rings. The normalized spacial score (nSPS) is 12.8. The van der Waals surface area contributed by atoms with Crippen LogP contribution in [-0.2, 0) is 9.53 Å². The van der Waals surface area contributed by atoms with Gasteiger partial charge >= 0.3 is 5.97 Å². The van der Waals surface area contributed by atoms with Crippen molar-refractivity contribution in [2.45, 2.75) is 11.3 Å². The number of hydrogen-bond acceptors (Lipinski definition) is 6. The highest BCUT2D eigenvalue weighted by Gasteiger charge is 2.13. The lowest BCUT2D eigenvalue weighted by Crippen LogP contribution is -2.21. The third kappa shape index (κ3) is 4.70. The van der Waals surface area contributed by atoms with Crippen LogP contribution >= 0.6 is 11.8 Å². The molecule has 2 aromatic carbocycles. The highest BCUT2D eigenvalue weighted by atomic mass is 32.2. The summed E-state index contributed by atoms with van der Waals surface area (Å²) in [6.45, 7) is 0.807. The van der Waals surface area contributed by atoms with E-state index in [0.29, 0.717) is 36.0 Å². The van der Waals surface area contributed by atoms with Crippen LogP contribution in [0.3, 0.4) is 0 Å². The minimum absolute atomic E-state index is 0.364. The standard InChI is InChI=1S/C19H19NO5S/c1-26-15-6-3-13(4-7-15)19(22)25-12-18(21)20-14-5-8-16-17(11-14)24-10-2-9-23-16/h3-8,11H,2,9-10,12H2,1H3,(H,20,21). The molecule has 0 bridgehead atoms. The zero-order valence-corrected chi connectivity index (χ0v) is 15.1. The number of hydrogen-bond donors (Lipinski definition) is 1. The first kappa shape index (κ1) is 18.1. The number of nitrogens with one attached hydrogen (secondary N) is 1. The van der Waals surface area contributed by atoms with Crippen LogP contribution in [0.5, 0.6) is 11.5 Å². The van der Waals surface area contributed by atoms with Gasteiger partial charge in [-0.3, -0.25) is 4.79 Å². The third-order valence-corrected chi connectivity index (χ3v) is 4.43. The van der Waals surface area contributed by atoms with Gasteiger partial charge in [0.15, 0.2) is 18.1 Å². The number of carbonyl (C=O) groups excluding carboxylic acids is 2. The van der Waals surface area contributed by atoms with Gasteiger partial charge in [0, 0.05) is 23.1 Å².